The molecule has 0 aliphatic heterocycles. The predicted molar refractivity (Wildman–Crippen MR) is 40.0 cm³/mol. The zero-order valence-corrected chi connectivity index (χ0v) is 6.17. The number of nitrogens with two attached hydrogens (primary N) is 1. The topological polar surface area (TPSA) is 59.4 Å². The molecule has 0 spiro atoms. The van der Waals surface area contributed by atoms with Gasteiger partial charge in [-0.25, -0.2) is 0 Å². The molecule has 0 aliphatic rings. The molecule has 1 atom stereocenters. The molecule has 3 N–H and O–H groups in total. The summed E-state index contributed by atoms with van der Waals surface area (Å²) < 4.78 is 4.86. The Morgan fingerprint density at radius 2 is 2.40 bits per heavy atom. The van der Waals surface area contributed by atoms with Crippen LogP contribution in [0.5, 0.6) is 0 Å². The lowest BCUT2D eigenvalue weighted by atomic mass is 10.3. The van der Waals surface area contributed by atoms with E-state index in [-0.39, 0.29) is 19.0 Å². The van der Waals surface area contributed by atoms with Gasteiger partial charge in [0.25, 0.3) is 0 Å². The highest BCUT2D eigenvalue weighted by atomic mass is 35.5. The molecule has 4 heteroatoms. The van der Waals surface area contributed by atoms with Gasteiger partial charge in [-0.3, -0.25) is 0 Å². The molecule has 1 aromatic rings. The van der Waals surface area contributed by atoms with Crippen LogP contribution >= 0.6 is 12.4 Å². The average Bonchev–Trinajstić information content (AvgIpc) is 2.37. The Hall–Kier alpha value is -0.510. The molecule has 1 unspecified atom stereocenters. The Balaban J connectivity index is 0.000000810. The molecule has 10 heavy (non-hydrogen) atoms. The summed E-state index contributed by atoms with van der Waals surface area (Å²) in [6.45, 7) is 0.202. The summed E-state index contributed by atoms with van der Waals surface area (Å²) in [5.74, 6) is 0.525. The molecule has 0 aromatic carbocycles. The standard InChI is InChI=1S/C6H9NO2.ClH/c7-4-5(8)6-2-1-3-9-6;/h1-3,5,8H,4,7H2;1H. The van der Waals surface area contributed by atoms with E-state index in [1.807, 2.05) is 0 Å². The minimum atomic E-state index is -0.653. The van der Waals surface area contributed by atoms with Gasteiger partial charge in [0, 0.05) is 6.54 Å². The number of hydrogen-bond acceptors (Lipinski definition) is 3. The van der Waals surface area contributed by atoms with Crippen molar-refractivity contribution in [1.29, 1.82) is 0 Å². The molecule has 0 saturated heterocycles. The van der Waals surface area contributed by atoms with Gasteiger partial charge in [0.2, 0.25) is 0 Å². The predicted octanol–water partition coefficient (Wildman–Crippen LogP) is 0.694. The third kappa shape index (κ3) is 2.02. The van der Waals surface area contributed by atoms with Crippen LogP contribution in [0.4, 0.5) is 0 Å². The van der Waals surface area contributed by atoms with Gasteiger partial charge in [-0.15, -0.1) is 12.4 Å². The second-order valence-corrected chi connectivity index (χ2v) is 1.77. The number of aliphatic hydroxyl groups excluding tert-OH is 1. The first-order chi connectivity index (χ1) is 4.34. The quantitative estimate of drug-likeness (QED) is 0.675. The molecule has 0 aliphatic carbocycles. The lowest BCUT2D eigenvalue weighted by Gasteiger charge is -2.00. The van der Waals surface area contributed by atoms with Crippen LogP contribution < -0.4 is 5.73 Å². The summed E-state index contributed by atoms with van der Waals surface area (Å²) in [6.07, 6.45) is 0.855. The fraction of sp³-hybridized carbons (Fsp3) is 0.333. The molecular weight excluding hydrogens is 154 g/mol. The minimum Gasteiger partial charge on any atom is -0.467 e. The molecule has 3 nitrogen and oxygen atoms in total. The van der Waals surface area contributed by atoms with Gasteiger partial charge >= 0.3 is 0 Å². The molecule has 0 fully saturated rings. The molecule has 1 heterocycles. The van der Waals surface area contributed by atoms with Crippen molar-refractivity contribution in [1.82, 2.24) is 0 Å². The summed E-state index contributed by atoms with van der Waals surface area (Å²) in [5, 5.41) is 9.00. The van der Waals surface area contributed by atoms with Crippen LogP contribution in [0.3, 0.4) is 0 Å². The molecule has 0 saturated carbocycles. The van der Waals surface area contributed by atoms with Crippen LogP contribution in [-0.4, -0.2) is 11.7 Å². The number of rotatable bonds is 2. The summed E-state index contributed by atoms with van der Waals surface area (Å²) >= 11 is 0. The van der Waals surface area contributed by atoms with Crippen LogP contribution in [0.15, 0.2) is 22.8 Å². The van der Waals surface area contributed by atoms with Crippen LogP contribution in [0.2, 0.25) is 0 Å². The molecule has 58 valence electrons. The van der Waals surface area contributed by atoms with Gasteiger partial charge in [-0.1, -0.05) is 0 Å². The van der Waals surface area contributed by atoms with Crippen molar-refractivity contribution in [3.63, 3.8) is 0 Å². The van der Waals surface area contributed by atoms with Crippen LogP contribution in [0.25, 0.3) is 0 Å². The normalized spacial score (nSPS) is 12.2. The Labute approximate surface area is 65.2 Å². The van der Waals surface area contributed by atoms with Gasteiger partial charge in [0.15, 0.2) is 0 Å². The van der Waals surface area contributed by atoms with Crippen LogP contribution in [-0.2, 0) is 0 Å². The fourth-order valence-electron chi connectivity index (χ4n) is 0.597. The lowest BCUT2D eigenvalue weighted by molar-refractivity contribution is 0.158. The number of halogens is 1. The highest BCUT2D eigenvalue weighted by Gasteiger charge is 2.05. The first-order valence-electron chi connectivity index (χ1n) is 2.76. The smallest absolute Gasteiger partial charge is 0.133 e. The largest absolute Gasteiger partial charge is 0.467 e. The fourth-order valence-corrected chi connectivity index (χ4v) is 0.597. The second-order valence-electron chi connectivity index (χ2n) is 1.77. The second kappa shape index (κ2) is 4.33. The van der Waals surface area contributed by atoms with Gasteiger partial charge < -0.3 is 15.3 Å². The van der Waals surface area contributed by atoms with E-state index in [1.54, 1.807) is 12.1 Å². The van der Waals surface area contributed by atoms with Crippen molar-refractivity contribution in [3.05, 3.63) is 24.2 Å². The van der Waals surface area contributed by atoms with E-state index in [4.69, 9.17) is 15.3 Å². The van der Waals surface area contributed by atoms with Gasteiger partial charge in [-0.05, 0) is 12.1 Å². The van der Waals surface area contributed by atoms with E-state index in [0.717, 1.165) is 0 Å². The van der Waals surface area contributed by atoms with Crippen LogP contribution in [0.1, 0.15) is 11.9 Å². The Morgan fingerprint density at radius 1 is 1.70 bits per heavy atom. The van der Waals surface area contributed by atoms with E-state index >= 15 is 0 Å². The molecule has 1 aromatic heterocycles. The third-order valence-electron chi connectivity index (χ3n) is 1.09. The van der Waals surface area contributed by atoms with Crippen molar-refractivity contribution in [2.24, 2.45) is 5.73 Å². The SMILES string of the molecule is Cl.NCC(O)c1ccco1. The van der Waals surface area contributed by atoms with E-state index in [0.29, 0.717) is 5.76 Å². The maximum Gasteiger partial charge on any atom is 0.133 e. The Bertz CT molecular complexity index is 164. The van der Waals surface area contributed by atoms with E-state index in [2.05, 4.69) is 0 Å². The molecule has 0 bridgehead atoms. The number of hydrogen-bond donors (Lipinski definition) is 2. The summed E-state index contributed by atoms with van der Waals surface area (Å²) in [5.41, 5.74) is 5.15. The highest BCUT2D eigenvalue weighted by molar-refractivity contribution is 5.85. The van der Waals surface area contributed by atoms with Crippen molar-refractivity contribution in [2.75, 3.05) is 6.54 Å². The molecule has 1 rings (SSSR count). The molecule has 0 amide bonds. The highest BCUT2D eigenvalue weighted by Crippen LogP contribution is 2.10. The summed E-state index contributed by atoms with van der Waals surface area (Å²) in [6, 6.07) is 3.41. The number of furan rings is 1. The van der Waals surface area contributed by atoms with Crippen molar-refractivity contribution in [2.45, 2.75) is 6.10 Å². The van der Waals surface area contributed by atoms with Gasteiger partial charge in [0.05, 0.1) is 6.26 Å². The first-order valence-corrected chi connectivity index (χ1v) is 2.76. The zero-order valence-electron chi connectivity index (χ0n) is 5.36. The monoisotopic (exact) mass is 163 g/mol. The summed E-state index contributed by atoms with van der Waals surface area (Å²) in [7, 11) is 0. The third-order valence-corrected chi connectivity index (χ3v) is 1.09. The maximum absolute atomic E-state index is 9.00. The van der Waals surface area contributed by atoms with E-state index in [9.17, 15) is 0 Å². The van der Waals surface area contributed by atoms with Gasteiger partial charge in [0.1, 0.15) is 11.9 Å². The summed E-state index contributed by atoms with van der Waals surface area (Å²) in [4.78, 5) is 0. The van der Waals surface area contributed by atoms with Gasteiger partial charge in [-0.2, -0.15) is 0 Å². The Morgan fingerprint density at radius 3 is 2.80 bits per heavy atom. The van der Waals surface area contributed by atoms with Crippen LogP contribution in [0, 0.1) is 0 Å². The van der Waals surface area contributed by atoms with Crippen molar-refractivity contribution >= 4 is 12.4 Å². The van der Waals surface area contributed by atoms with E-state index in [1.165, 1.54) is 6.26 Å². The Kier molecular flexibility index (Phi) is 4.11. The average molecular weight is 164 g/mol. The van der Waals surface area contributed by atoms with Crippen molar-refractivity contribution < 1.29 is 9.52 Å². The molecular formula is C6H10ClNO2. The number of aliphatic hydroxyl groups is 1. The lowest BCUT2D eigenvalue weighted by Crippen LogP contribution is -2.10. The zero-order chi connectivity index (χ0) is 6.69. The molecule has 0 radical (unpaired) electrons. The maximum atomic E-state index is 9.00. The minimum absolute atomic E-state index is 0. The van der Waals surface area contributed by atoms with Crippen molar-refractivity contribution in [3.8, 4) is 0 Å². The first kappa shape index (κ1) is 9.49. The van der Waals surface area contributed by atoms with E-state index < -0.39 is 6.10 Å².